The van der Waals surface area contributed by atoms with Crippen LogP contribution in [0.1, 0.15) is 36.9 Å². The molecule has 14 heteroatoms. The molecule has 2 aliphatic heterocycles. The lowest BCUT2D eigenvalue weighted by Crippen LogP contribution is -2.50. The van der Waals surface area contributed by atoms with Crippen LogP contribution in [0.4, 0.5) is 11.5 Å². The van der Waals surface area contributed by atoms with E-state index in [1.54, 1.807) is 17.1 Å². The first-order valence-electron chi connectivity index (χ1n) is 17.6. The van der Waals surface area contributed by atoms with Crippen LogP contribution in [0.2, 0.25) is 0 Å². The number of aliphatic hydroxyl groups is 2. The Bertz CT molecular complexity index is 1740. The van der Waals surface area contributed by atoms with Gasteiger partial charge in [0.2, 0.25) is 0 Å². The van der Waals surface area contributed by atoms with E-state index in [-0.39, 0.29) is 19.6 Å². The van der Waals surface area contributed by atoms with Gasteiger partial charge >= 0.3 is 0 Å². The summed E-state index contributed by atoms with van der Waals surface area (Å²) in [6, 6.07) is 17.2. The van der Waals surface area contributed by atoms with E-state index in [2.05, 4.69) is 68.0 Å². The normalized spacial score (nSPS) is 20.8. The first kappa shape index (κ1) is 36.6. The molecule has 2 saturated heterocycles. The molecule has 2 aliphatic rings. The molecule has 4 aromatic rings. The average molecular weight is 702 g/mol. The molecule has 2 aromatic heterocycles. The van der Waals surface area contributed by atoms with Crippen molar-refractivity contribution in [3.05, 3.63) is 66.1 Å². The highest BCUT2D eigenvalue weighted by molar-refractivity contribution is 5.91. The molecule has 0 bridgehead atoms. The number of rotatable bonds is 17. The zero-order chi connectivity index (χ0) is 35.4. The number of aliphatic hydroxyl groups excluding tert-OH is 2. The maximum absolute atomic E-state index is 10.2. The smallest absolute Gasteiger partial charge is 0.160 e. The van der Waals surface area contributed by atoms with Crippen LogP contribution in [0.25, 0.3) is 21.9 Å². The maximum atomic E-state index is 10.2. The van der Waals surface area contributed by atoms with Crippen LogP contribution in [0, 0.1) is 11.3 Å². The molecule has 0 amide bonds. The van der Waals surface area contributed by atoms with Crippen molar-refractivity contribution in [3.8, 4) is 17.2 Å². The number of benzene rings is 2. The fourth-order valence-corrected chi connectivity index (χ4v) is 6.45. The van der Waals surface area contributed by atoms with Gasteiger partial charge in [-0.1, -0.05) is 23.4 Å². The Hall–Kier alpha value is -4.20. The van der Waals surface area contributed by atoms with Crippen molar-refractivity contribution in [2.45, 2.75) is 63.4 Å². The molecular formula is C37H47N7O7. The van der Waals surface area contributed by atoms with Crippen molar-refractivity contribution in [2.24, 2.45) is 0 Å². The van der Waals surface area contributed by atoms with Gasteiger partial charge in [0.05, 0.1) is 58.5 Å². The third-order valence-electron chi connectivity index (χ3n) is 9.20. The van der Waals surface area contributed by atoms with Crippen molar-refractivity contribution in [1.82, 2.24) is 20.0 Å². The van der Waals surface area contributed by atoms with Crippen molar-refractivity contribution in [1.29, 1.82) is 5.26 Å². The predicted octanol–water partition coefficient (Wildman–Crippen LogP) is 3.50. The summed E-state index contributed by atoms with van der Waals surface area (Å²) in [6.45, 7) is 5.21. The van der Waals surface area contributed by atoms with E-state index >= 15 is 0 Å². The van der Waals surface area contributed by atoms with Crippen LogP contribution >= 0.6 is 0 Å². The van der Waals surface area contributed by atoms with Gasteiger partial charge in [-0.3, -0.25) is 0 Å². The number of anilines is 2. The second kappa shape index (κ2) is 18.3. The zero-order valence-corrected chi connectivity index (χ0v) is 29.0. The Kier molecular flexibility index (Phi) is 13.2. The lowest BCUT2D eigenvalue weighted by atomic mass is 9.98. The second-order valence-electron chi connectivity index (χ2n) is 12.8. The molecule has 14 nitrogen and oxygen atoms in total. The summed E-state index contributed by atoms with van der Waals surface area (Å²) in [5.74, 6) is 0.533. The Morgan fingerprint density at radius 2 is 1.73 bits per heavy atom. The Balaban J connectivity index is 0.866. The summed E-state index contributed by atoms with van der Waals surface area (Å²) in [6.07, 6.45) is 4.22. The van der Waals surface area contributed by atoms with E-state index in [1.165, 1.54) is 37.4 Å². The molecule has 272 valence electrons. The molecule has 51 heavy (non-hydrogen) atoms. The van der Waals surface area contributed by atoms with Gasteiger partial charge in [0, 0.05) is 50.6 Å². The molecule has 4 heterocycles. The van der Waals surface area contributed by atoms with Crippen LogP contribution in [0.15, 0.2) is 54.9 Å². The third kappa shape index (κ3) is 9.78. The highest BCUT2D eigenvalue weighted by Crippen LogP contribution is 2.32. The largest absolute Gasteiger partial charge is 0.390 e. The van der Waals surface area contributed by atoms with Crippen LogP contribution < -0.4 is 10.2 Å². The van der Waals surface area contributed by atoms with Crippen LogP contribution in [0.3, 0.4) is 0 Å². The molecular weight excluding hydrogens is 654 g/mol. The molecule has 4 atom stereocenters. The van der Waals surface area contributed by atoms with Crippen LogP contribution in [-0.2, 0) is 36.8 Å². The number of pyridine rings is 1. The first-order valence-corrected chi connectivity index (χ1v) is 17.6. The van der Waals surface area contributed by atoms with Gasteiger partial charge in [0.1, 0.15) is 35.4 Å². The number of piperidine rings is 1. The molecule has 2 fully saturated rings. The summed E-state index contributed by atoms with van der Waals surface area (Å²) in [7, 11) is 1.49. The minimum Gasteiger partial charge on any atom is -0.390 e. The quantitative estimate of drug-likeness (QED) is 0.137. The van der Waals surface area contributed by atoms with Gasteiger partial charge in [0.25, 0.3) is 0 Å². The van der Waals surface area contributed by atoms with Crippen LogP contribution in [0.5, 0.6) is 0 Å². The minimum atomic E-state index is -1.04. The predicted molar refractivity (Wildman–Crippen MR) is 190 cm³/mol. The summed E-state index contributed by atoms with van der Waals surface area (Å²) in [4.78, 5) is 6.89. The molecule has 0 spiro atoms. The van der Waals surface area contributed by atoms with Crippen molar-refractivity contribution < 1.29 is 33.9 Å². The number of hydrogen-bond acceptors (Lipinski definition) is 13. The summed E-state index contributed by atoms with van der Waals surface area (Å²) >= 11 is 0. The minimum absolute atomic E-state index is 0.209. The highest BCUT2D eigenvalue weighted by atomic mass is 16.7. The third-order valence-corrected chi connectivity index (χ3v) is 9.20. The van der Waals surface area contributed by atoms with Gasteiger partial charge in [-0.05, 0) is 59.9 Å². The topological polar surface area (TPSA) is 169 Å². The molecule has 3 N–H and O–H groups in total. The maximum Gasteiger partial charge on any atom is 0.160 e. The molecule has 0 aliphatic carbocycles. The fraction of sp³-hybridized carbons (Fsp3) is 0.514. The number of nitrogens with one attached hydrogen (secondary N) is 1. The number of nitrogens with zero attached hydrogens (tertiary/aromatic N) is 6. The Morgan fingerprint density at radius 1 is 0.961 bits per heavy atom. The van der Waals surface area contributed by atoms with Gasteiger partial charge in [-0.15, -0.1) is 5.10 Å². The van der Waals surface area contributed by atoms with Gasteiger partial charge in [-0.2, -0.15) is 5.26 Å². The average Bonchev–Trinajstić information content (AvgIpc) is 3.62. The van der Waals surface area contributed by atoms with E-state index in [0.29, 0.717) is 56.7 Å². The standard InChI is InChI=1S/C37H47N7O7/c1-47-35-21-33(45)36(46)34(51-35)24-44-23-29(41-42-44)25-50-18-17-49-16-15-48-14-11-40-37-32(22-38)31(9-10-39-37)28-6-5-27-20-30(8-7-26(27)19-28)43-12-3-2-4-13-43/h5-10,19-20,23,33-36,45-46H,2-4,11-18,21,24-25H2,1H3,(H,39,40)/t33-,34-,35+,36+/m1/s1. The molecule has 2 aromatic carbocycles. The monoisotopic (exact) mass is 701 g/mol. The molecule has 0 unspecified atom stereocenters. The number of nitriles is 1. The first-order chi connectivity index (χ1) is 25.0. The van der Waals surface area contributed by atoms with Crippen molar-refractivity contribution >= 4 is 22.3 Å². The Morgan fingerprint density at radius 3 is 2.53 bits per heavy atom. The van der Waals surface area contributed by atoms with E-state index in [0.717, 1.165) is 29.6 Å². The number of fused-ring (bicyclic) bond motifs is 1. The van der Waals surface area contributed by atoms with E-state index < -0.39 is 24.6 Å². The van der Waals surface area contributed by atoms with E-state index in [1.807, 2.05) is 6.07 Å². The number of hydrogen-bond donors (Lipinski definition) is 3. The molecule has 0 saturated carbocycles. The SMILES string of the molecule is CO[C@@H]1C[C@@H](O)[C@H](O)[C@@H](Cn2cc(COCCOCCOCCNc3nccc(-c4ccc5cc(N6CCCCC6)ccc5c4)c3C#N)nn2)O1. The van der Waals surface area contributed by atoms with Crippen LogP contribution in [-0.4, -0.2) is 115 Å². The van der Waals surface area contributed by atoms with Crippen molar-refractivity contribution in [2.75, 3.05) is 70.0 Å². The van der Waals surface area contributed by atoms with Gasteiger partial charge in [0.15, 0.2) is 6.29 Å². The van der Waals surface area contributed by atoms with Gasteiger partial charge in [-0.25, -0.2) is 9.67 Å². The summed E-state index contributed by atoms with van der Waals surface area (Å²) in [5.41, 5.74) is 4.22. The molecule has 0 radical (unpaired) electrons. The molecule has 6 rings (SSSR count). The lowest BCUT2D eigenvalue weighted by molar-refractivity contribution is -0.245. The highest BCUT2D eigenvalue weighted by Gasteiger charge is 2.37. The van der Waals surface area contributed by atoms with E-state index in [4.69, 9.17) is 23.7 Å². The van der Waals surface area contributed by atoms with E-state index in [9.17, 15) is 15.5 Å². The summed E-state index contributed by atoms with van der Waals surface area (Å²) in [5, 5.41) is 44.0. The zero-order valence-electron chi connectivity index (χ0n) is 29.0. The number of methoxy groups -OCH3 is 1. The fourth-order valence-electron chi connectivity index (χ4n) is 6.45. The second-order valence-corrected chi connectivity index (χ2v) is 12.8. The van der Waals surface area contributed by atoms with Gasteiger partial charge < -0.3 is 44.1 Å². The lowest BCUT2D eigenvalue weighted by Gasteiger charge is -2.36. The Labute approximate surface area is 297 Å². The van der Waals surface area contributed by atoms with Crippen molar-refractivity contribution in [3.63, 3.8) is 0 Å². The number of ether oxygens (including phenoxy) is 5. The summed E-state index contributed by atoms with van der Waals surface area (Å²) < 4.78 is 29.3. The number of aromatic nitrogens is 4.